The van der Waals surface area contributed by atoms with Crippen molar-refractivity contribution >= 4 is 17.5 Å². The van der Waals surface area contributed by atoms with Gasteiger partial charge in [-0.3, -0.25) is 9.59 Å². The van der Waals surface area contributed by atoms with Crippen molar-refractivity contribution in [3.63, 3.8) is 0 Å². The summed E-state index contributed by atoms with van der Waals surface area (Å²) in [6, 6.07) is 6.38. The Morgan fingerprint density at radius 1 is 1.24 bits per heavy atom. The molecule has 116 valence electrons. The summed E-state index contributed by atoms with van der Waals surface area (Å²) in [5.41, 5.74) is 7.31. The van der Waals surface area contributed by atoms with Gasteiger partial charge in [0, 0.05) is 5.69 Å². The van der Waals surface area contributed by atoms with Crippen molar-refractivity contribution in [1.29, 1.82) is 0 Å². The molecule has 0 aliphatic heterocycles. The zero-order chi connectivity index (χ0) is 15.8. The molecule has 0 spiro atoms. The van der Waals surface area contributed by atoms with Gasteiger partial charge in [0.25, 0.3) is 0 Å². The Labute approximate surface area is 125 Å². The number of benzene rings is 1. The number of nitrogens with two attached hydrogens (primary N) is 1. The number of nitrogens with one attached hydrogen (secondary N) is 3. The fraction of sp³-hybridized carbons (Fsp3) is 0.467. The molecule has 1 rings (SSSR count). The van der Waals surface area contributed by atoms with Crippen LogP contribution >= 0.6 is 0 Å². The maximum Gasteiger partial charge on any atom is 0.246 e. The standard InChI is InChI=1S/C15H24N4O2/c1-10(16)14(20)18-11(2)15(21)19-13-6-4-5-12(9-13)7-8-17-3/h4-6,9-11,17H,7-8,16H2,1-3H3,(H,18,20)(H,19,21)/t10-,11-/m0/s1. The van der Waals surface area contributed by atoms with Gasteiger partial charge in [-0.2, -0.15) is 0 Å². The third-order valence-corrected chi connectivity index (χ3v) is 3.02. The van der Waals surface area contributed by atoms with Crippen LogP contribution in [0.4, 0.5) is 5.69 Å². The van der Waals surface area contributed by atoms with E-state index in [0.717, 1.165) is 24.2 Å². The minimum absolute atomic E-state index is 0.269. The van der Waals surface area contributed by atoms with E-state index in [-0.39, 0.29) is 11.8 Å². The Bertz CT molecular complexity index is 488. The van der Waals surface area contributed by atoms with Gasteiger partial charge in [0.15, 0.2) is 0 Å². The molecule has 0 saturated heterocycles. The molecule has 5 N–H and O–H groups in total. The summed E-state index contributed by atoms with van der Waals surface area (Å²) in [6.45, 7) is 4.07. The minimum atomic E-state index is -0.635. The van der Waals surface area contributed by atoms with E-state index in [0.29, 0.717) is 0 Å². The van der Waals surface area contributed by atoms with Gasteiger partial charge in [0.05, 0.1) is 6.04 Å². The molecule has 0 heterocycles. The van der Waals surface area contributed by atoms with Gasteiger partial charge in [-0.05, 0) is 51.6 Å². The zero-order valence-electron chi connectivity index (χ0n) is 12.8. The molecule has 1 aromatic carbocycles. The van der Waals surface area contributed by atoms with Crippen molar-refractivity contribution < 1.29 is 9.59 Å². The molecule has 1 aromatic rings. The third kappa shape index (κ3) is 5.93. The molecule has 21 heavy (non-hydrogen) atoms. The molecule has 0 aromatic heterocycles. The molecule has 2 atom stereocenters. The molecular formula is C15H24N4O2. The highest BCUT2D eigenvalue weighted by Gasteiger charge is 2.17. The highest BCUT2D eigenvalue weighted by Crippen LogP contribution is 2.11. The van der Waals surface area contributed by atoms with E-state index in [1.165, 1.54) is 0 Å². The first-order valence-corrected chi connectivity index (χ1v) is 7.04. The van der Waals surface area contributed by atoms with Gasteiger partial charge < -0.3 is 21.7 Å². The van der Waals surface area contributed by atoms with Crippen LogP contribution in [-0.2, 0) is 16.0 Å². The highest BCUT2D eigenvalue weighted by molar-refractivity contribution is 5.97. The van der Waals surface area contributed by atoms with Crippen molar-refractivity contribution in [2.24, 2.45) is 5.73 Å². The van der Waals surface area contributed by atoms with E-state index >= 15 is 0 Å². The Kier molecular flexibility index (Phi) is 6.84. The molecule has 0 radical (unpaired) electrons. The quantitative estimate of drug-likeness (QED) is 0.579. The number of likely N-dealkylation sites (N-methyl/N-ethyl adjacent to an activating group) is 1. The average molecular weight is 292 g/mol. The summed E-state index contributed by atoms with van der Waals surface area (Å²) in [5.74, 6) is -0.616. The van der Waals surface area contributed by atoms with Crippen LogP contribution in [0.3, 0.4) is 0 Å². The molecule has 0 aliphatic rings. The summed E-state index contributed by atoms with van der Waals surface area (Å²) < 4.78 is 0. The van der Waals surface area contributed by atoms with Gasteiger partial charge in [0.1, 0.15) is 6.04 Å². The van der Waals surface area contributed by atoms with Crippen LogP contribution in [0.1, 0.15) is 19.4 Å². The highest BCUT2D eigenvalue weighted by atomic mass is 16.2. The van der Waals surface area contributed by atoms with Crippen LogP contribution in [0.2, 0.25) is 0 Å². The molecule has 0 saturated carbocycles. The molecular weight excluding hydrogens is 268 g/mol. The smallest absolute Gasteiger partial charge is 0.246 e. The fourth-order valence-electron chi connectivity index (χ4n) is 1.73. The molecule has 2 amide bonds. The van der Waals surface area contributed by atoms with Crippen molar-refractivity contribution in [2.75, 3.05) is 18.9 Å². The number of rotatable bonds is 7. The van der Waals surface area contributed by atoms with Gasteiger partial charge in [0.2, 0.25) is 11.8 Å². The maximum atomic E-state index is 12.0. The normalized spacial score (nSPS) is 13.3. The van der Waals surface area contributed by atoms with Gasteiger partial charge in [-0.25, -0.2) is 0 Å². The summed E-state index contributed by atoms with van der Waals surface area (Å²) in [7, 11) is 1.90. The molecule has 0 unspecified atom stereocenters. The monoisotopic (exact) mass is 292 g/mol. The van der Waals surface area contributed by atoms with E-state index in [1.807, 2.05) is 31.3 Å². The first kappa shape index (κ1) is 17.1. The number of hydrogen-bond acceptors (Lipinski definition) is 4. The summed E-state index contributed by atoms with van der Waals surface area (Å²) >= 11 is 0. The Morgan fingerprint density at radius 3 is 2.57 bits per heavy atom. The van der Waals surface area contributed by atoms with E-state index < -0.39 is 12.1 Å². The number of carbonyl (C=O) groups excluding carboxylic acids is 2. The van der Waals surface area contributed by atoms with E-state index in [2.05, 4.69) is 16.0 Å². The molecule has 6 nitrogen and oxygen atoms in total. The van der Waals surface area contributed by atoms with E-state index in [9.17, 15) is 9.59 Å². The third-order valence-electron chi connectivity index (χ3n) is 3.02. The lowest BCUT2D eigenvalue weighted by Crippen LogP contribution is -2.47. The SMILES string of the molecule is CNCCc1cccc(NC(=O)[C@H](C)NC(=O)[C@H](C)N)c1. The van der Waals surface area contributed by atoms with Crippen molar-refractivity contribution in [3.8, 4) is 0 Å². The summed E-state index contributed by atoms with van der Waals surface area (Å²) in [4.78, 5) is 23.5. The lowest BCUT2D eigenvalue weighted by molar-refractivity contribution is -0.126. The van der Waals surface area contributed by atoms with Crippen molar-refractivity contribution in [2.45, 2.75) is 32.4 Å². The largest absolute Gasteiger partial charge is 0.343 e. The first-order valence-electron chi connectivity index (χ1n) is 7.04. The molecule has 0 aliphatic carbocycles. The number of amides is 2. The lowest BCUT2D eigenvalue weighted by Gasteiger charge is -2.16. The van der Waals surface area contributed by atoms with Gasteiger partial charge >= 0.3 is 0 Å². The maximum absolute atomic E-state index is 12.0. The average Bonchev–Trinajstić information content (AvgIpc) is 2.45. The number of hydrogen-bond donors (Lipinski definition) is 4. The lowest BCUT2D eigenvalue weighted by atomic mass is 10.1. The second-order valence-corrected chi connectivity index (χ2v) is 5.06. The molecule has 6 heteroatoms. The van der Waals surface area contributed by atoms with Crippen LogP contribution in [0.5, 0.6) is 0 Å². The minimum Gasteiger partial charge on any atom is -0.343 e. The predicted octanol–water partition coefficient (Wildman–Crippen LogP) is 0.239. The Hall–Kier alpha value is -1.92. The van der Waals surface area contributed by atoms with Gasteiger partial charge in [-0.1, -0.05) is 12.1 Å². The molecule has 0 fully saturated rings. The van der Waals surface area contributed by atoms with Gasteiger partial charge in [-0.15, -0.1) is 0 Å². The second kappa shape index (κ2) is 8.39. The van der Waals surface area contributed by atoms with Crippen LogP contribution in [0.15, 0.2) is 24.3 Å². The van der Waals surface area contributed by atoms with Crippen LogP contribution < -0.4 is 21.7 Å². The number of carbonyl (C=O) groups is 2. The van der Waals surface area contributed by atoms with Crippen LogP contribution in [0.25, 0.3) is 0 Å². The fourth-order valence-corrected chi connectivity index (χ4v) is 1.73. The predicted molar refractivity (Wildman–Crippen MR) is 84.0 cm³/mol. The molecule has 0 bridgehead atoms. The second-order valence-electron chi connectivity index (χ2n) is 5.06. The first-order chi connectivity index (χ1) is 9.93. The Balaban J connectivity index is 2.59. The zero-order valence-corrected chi connectivity index (χ0v) is 12.8. The van der Waals surface area contributed by atoms with E-state index in [1.54, 1.807) is 13.8 Å². The summed E-state index contributed by atoms with van der Waals surface area (Å²) in [6.07, 6.45) is 0.886. The topological polar surface area (TPSA) is 96.2 Å². The van der Waals surface area contributed by atoms with E-state index in [4.69, 9.17) is 5.73 Å². The van der Waals surface area contributed by atoms with Crippen LogP contribution in [0, 0.1) is 0 Å². The summed E-state index contributed by atoms with van der Waals surface area (Å²) in [5, 5.41) is 8.43. The van der Waals surface area contributed by atoms with Crippen LogP contribution in [-0.4, -0.2) is 37.5 Å². The number of anilines is 1. The Morgan fingerprint density at radius 2 is 1.95 bits per heavy atom. The van der Waals surface area contributed by atoms with Crippen molar-refractivity contribution in [3.05, 3.63) is 29.8 Å². The van der Waals surface area contributed by atoms with Crippen molar-refractivity contribution in [1.82, 2.24) is 10.6 Å².